The number of benzene rings is 6. The summed E-state index contributed by atoms with van der Waals surface area (Å²) in [5.74, 6) is -3.14. The van der Waals surface area contributed by atoms with Crippen molar-refractivity contribution in [2.24, 2.45) is 0 Å². The highest BCUT2D eigenvalue weighted by Gasteiger charge is 2.21. The van der Waals surface area contributed by atoms with Gasteiger partial charge in [0.25, 0.3) is 0 Å². The van der Waals surface area contributed by atoms with Gasteiger partial charge < -0.3 is 53.6 Å². The molecule has 0 aliphatic heterocycles. The van der Waals surface area contributed by atoms with Crippen molar-refractivity contribution in [3.8, 4) is 51.7 Å². The third-order valence-corrected chi connectivity index (χ3v) is 11.8. The molecule has 0 radical (unpaired) electrons. The molecule has 4 atom stereocenters. The molecule has 0 amide bonds. The summed E-state index contributed by atoms with van der Waals surface area (Å²) < 4.78 is 49.6. The summed E-state index contributed by atoms with van der Waals surface area (Å²) in [6.45, 7) is 21.9. The van der Waals surface area contributed by atoms with Crippen LogP contribution in [0.2, 0.25) is 0 Å². The van der Waals surface area contributed by atoms with E-state index in [0.29, 0.717) is 41.1 Å². The van der Waals surface area contributed by atoms with Crippen molar-refractivity contribution in [1.29, 1.82) is 0 Å². The average molecular weight is 1050 g/mol. The standard InChI is InChI=1S/C22H26O6.C21H26O5.C17H17FO4/c1-6-14(2)15-7-9-16(10-8-15)20(24)26-17-11-12-19(18(23)13-17)27-21(25)28-22(3,4)5;1-5-14(3)16-7-9-17(10-8-16)21(23)26-18-11-12-20(19(22)13-18)25-15(4)24-6-2;1-3-10(2)11-4-6-12(7-5-11)17(21)22-13-8-14(18)16(20)15(19)9-13/h7-14,23H,6H2,1-5H3;7-15,22H,5-6H2,1-4H3;4-10,19-20H,3H2,1-2H3. The molecule has 0 aliphatic rings. The molecule has 0 spiro atoms. The number of carbonyl (C=O) groups excluding carboxylic acids is 4. The number of rotatable bonds is 17. The smallest absolute Gasteiger partial charge is 0.504 e. The van der Waals surface area contributed by atoms with E-state index in [1.54, 1.807) is 76.2 Å². The largest absolute Gasteiger partial charge is 0.514 e. The van der Waals surface area contributed by atoms with Crippen LogP contribution in [0.5, 0.6) is 51.7 Å². The second kappa shape index (κ2) is 28.5. The lowest BCUT2D eigenvalue weighted by Crippen LogP contribution is -2.26. The summed E-state index contributed by atoms with van der Waals surface area (Å²) in [4.78, 5) is 48.2. The number of esters is 3. The average Bonchev–Trinajstić information content (AvgIpc) is 3.38. The van der Waals surface area contributed by atoms with Crippen molar-refractivity contribution in [2.45, 2.75) is 125 Å². The number of halogens is 1. The third kappa shape index (κ3) is 18.7. The number of phenols is 4. The van der Waals surface area contributed by atoms with Crippen LogP contribution in [0.1, 0.15) is 161 Å². The molecule has 406 valence electrons. The predicted molar refractivity (Wildman–Crippen MR) is 285 cm³/mol. The first-order valence-corrected chi connectivity index (χ1v) is 25.0. The van der Waals surface area contributed by atoms with Crippen LogP contribution in [0.25, 0.3) is 0 Å². The van der Waals surface area contributed by atoms with E-state index in [-0.39, 0.29) is 40.2 Å². The van der Waals surface area contributed by atoms with E-state index in [1.807, 2.05) is 43.3 Å². The van der Waals surface area contributed by atoms with Crippen molar-refractivity contribution in [2.75, 3.05) is 6.61 Å². The molecular weight excluding hydrogens is 980 g/mol. The van der Waals surface area contributed by atoms with E-state index < -0.39 is 53.3 Å². The van der Waals surface area contributed by atoms with Crippen LogP contribution in [-0.4, -0.2) is 63.0 Å². The number of ether oxygens (including phenoxy) is 7. The van der Waals surface area contributed by atoms with Crippen LogP contribution in [0, 0.1) is 5.82 Å². The van der Waals surface area contributed by atoms with E-state index in [9.17, 15) is 38.9 Å². The molecule has 0 saturated carbocycles. The minimum atomic E-state index is -1.06. The van der Waals surface area contributed by atoms with Crippen molar-refractivity contribution in [3.05, 3.63) is 161 Å². The Bertz CT molecular complexity index is 2830. The van der Waals surface area contributed by atoms with Crippen molar-refractivity contribution in [3.63, 3.8) is 0 Å². The zero-order valence-corrected chi connectivity index (χ0v) is 44.8. The maximum absolute atomic E-state index is 13.3. The Kier molecular flexibility index (Phi) is 22.7. The summed E-state index contributed by atoms with van der Waals surface area (Å²) in [6.07, 6.45) is 1.63. The zero-order chi connectivity index (χ0) is 56.3. The van der Waals surface area contributed by atoms with Gasteiger partial charge in [0.1, 0.15) is 22.8 Å². The van der Waals surface area contributed by atoms with Crippen LogP contribution in [-0.2, 0) is 9.47 Å². The van der Waals surface area contributed by atoms with E-state index in [1.165, 1.54) is 29.8 Å². The Morgan fingerprint density at radius 2 is 0.855 bits per heavy atom. The minimum Gasteiger partial charge on any atom is -0.504 e. The minimum absolute atomic E-state index is 0.0908. The highest BCUT2D eigenvalue weighted by atomic mass is 19.1. The van der Waals surface area contributed by atoms with Crippen molar-refractivity contribution < 1.29 is 77.2 Å². The fourth-order valence-electron chi connectivity index (χ4n) is 6.78. The molecule has 0 aliphatic carbocycles. The van der Waals surface area contributed by atoms with E-state index in [2.05, 4.69) is 41.5 Å². The van der Waals surface area contributed by atoms with Gasteiger partial charge >= 0.3 is 24.1 Å². The normalized spacial score (nSPS) is 12.4. The molecule has 0 fully saturated rings. The van der Waals surface area contributed by atoms with Gasteiger partial charge in [-0.25, -0.2) is 23.6 Å². The topological polar surface area (TPSA) is 214 Å². The Hall–Kier alpha value is -8.11. The van der Waals surface area contributed by atoms with Crippen molar-refractivity contribution in [1.82, 2.24) is 0 Å². The molecule has 0 heterocycles. The lowest BCUT2D eigenvalue weighted by molar-refractivity contribution is -0.0624. The van der Waals surface area contributed by atoms with Crippen LogP contribution < -0.4 is 23.7 Å². The molecule has 4 N–H and O–H groups in total. The van der Waals surface area contributed by atoms with Gasteiger partial charge in [-0.05, 0) is 149 Å². The summed E-state index contributed by atoms with van der Waals surface area (Å²) in [7, 11) is 0. The lowest BCUT2D eigenvalue weighted by atomic mass is 9.98. The molecule has 0 bridgehead atoms. The fourth-order valence-corrected chi connectivity index (χ4v) is 6.78. The van der Waals surface area contributed by atoms with Gasteiger partial charge in [0, 0.05) is 30.9 Å². The van der Waals surface area contributed by atoms with E-state index >= 15 is 0 Å². The Balaban J connectivity index is 0.000000248. The number of hydrogen-bond acceptors (Lipinski definition) is 15. The highest BCUT2D eigenvalue weighted by Crippen LogP contribution is 2.35. The molecular formula is C60H69FO15. The molecule has 0 aromatic heterocycles. The third-order valence-electron chi connectivity index (χ3n) is 11.8. The zero-order valence-electron chi connectivity index (χ0n) is 44.8. The van der Waals surface area contributed by atoms with Gasteiger partial charge in [0.05, 0.1) is 16.7 Å². The first-order valence-electron chi connectivity index (χ1n) is 25.0. The maximum atomic E-state index is 13.3. The van der Waals surface area contributed by atoms with E-state index in [0.717, 1.165) is 42.5 Å². The number of carbonyl (C=O) groups is 4. The number of aromatic hydroxyl groups is 4. The number of hydrogen-bond donors (Lipinski definition) is 4. The first kappa shape index (κ1) is 60.4. The lowest BCUT2D eigenvalue weighted by Gasteiger charge is -2.18. The first-order chi connectivity index (χ1) is 35.9. The molecule has 6 rings (SSSR count). The quantitative estimate of drug-likeness (QED) is 0.0220. The second-order valence-corrected chi connectivity index (χ2v) is 18.7. The second-order valence-electron chi connectivity index (χ2n) is 18.7. The molecule has 76 heavy (non-hydrogen) atoms. The molecule has 6 aromatic carbocycles. The molecule has 16 heteroatoms. The highest BCUT2D eigenvalue weighted by molar-refractivity contribution is 5.92. The SMILES string of the molecule is CCC(C)c1ccc(C(=O)Oc2cc(O)c(O)c(F)c2)cc1.CCC(C)c1ccc(C(=O)Oc2ccc(OC(=O)OC(C)(C)C)c(O)c2)cc1.CCOC(C)Oc1ccc(OC(=O)c2ccc(C(C)CC)cc2)cc1O. The summed E-state index contributed by atoms with van der Waals surface area (Å²) in [5, 5.41) is 38.5. The maximum Gasteiger partial charge on any atom is 0.514 e. The van der Waals surface area contributed by atoms with Gasteiger partial charge in [-0.2, -0.15) is 0 Å². The molecule has 4 unspecified atom stereocenters. The van der Waals surface area contributed by atoms with Crippen molar-refractivity contribution >= 4 is 24.1 Å². The Morgan fingerprint density at radius 3 is 1.20 bits per heavy atom. The fraction of sp³-hybridized carbons (Fsp3) is 0.333. The monoisotopic (exact) mass is 1050 g/mol. The molecule has 15 nitrogen and oxygen atoms in total. The van der Waals surface area contributed by atoms with Gasteiger partial charge in [-0.3, -0.25) is 0 Å². The van der Waals surface area contributed by atoms with Crippen LogP contribution in [0.15, 0.2) is 121 Å². The van der Waals surface area contributed by atoms with Gasteiger partial charge in [0.15, 0.2) is 46.6 Å². The summed E-state index contributed by atoms with van der Waals surface area (Å²) in [5.41, 5.74) is 3.92. The number of phenolic OH excluding ortho intramolecular Hbond substituents is 4. The Labute approximate surface area is 443 Å². The molecule has 6 aromatic rings. The van der Waals surface area contributed by atoms with Crippen LogP contribution in [0.4, 0.5) is 9.18 Å². The summed E-state index contributed by atoms with van der Waals surface area (Å²) in [6, 6.07) is 31.8. The summed E-state index contributed by atoms with van der Waals surface area (Å²) >= 11 is 0. The van der Waals surface area contributed by atoms with Gasteiger partial charge in [-0.15, -0.1) is 0 Å². The predicted octanol–water partition coefficient (Wildman–Crippen LogP) is 14.3. The van der Waals surface area contributed by atoms with Gasteiger partial charge in [-0.1, -0.05) is 77.9 Å². The van der Waals surface area contributed by atoms with Crippen LogP contribution in [0.3, 0.4) is 0 Å². The van der Waals surface area contributed by atoms with Crippen LogP contribution >= 0.6 is 0 Å². The van der Waals surface area contributed by atoms with E-state index in [4.69, 9.17) is 38.3 Å². The Morgan fingerprint density at radius 1 is 0.487 bits per heavy atom. The molecule has 0 saturated heterocycles. The van der Waals surface area contributed by atoms with Gasteiger partial charge in [0.2, 0.25) is 0 Å².